The molecule has 0 aromatic heterocycles. The molecule has 0 N–H and O–H groups in total. The van der Waals surface area contributed by atoms with Gasteiger partial charge in [-0.05, 0) is 55.0 Å². The molecule has 0 radical (unpaired) electrons. The van der Waals surface area contributed by atoms with Crippen LogP contribution in [0.2, 0.25) is 5.02 Å². The molecule has 1 saturated heterocycles. The van der Waals surface area contributed by atoms with Crippen LogP contribution in [-0.2, 0) is 10.0 Å². The highest BCUT2D eigenvalue weighted by Gasteiger charge is 2.31. The predicted octanol–water partition coefficient (Wildman–Crippen LogP) is 4.84. The van der Waals surface area contributed by atoms with Crippen LogP contribution >= 0.6 is 11.6 Å². The van der Waals surface area contributed by atoms with Gasteiger partial charge in [-0.1, -0.05) is 35.9 Å². The third-order valence-electron chi connectivity index (χ3n) is 5.66. The Labute approximate surface area is 192 Å². The molecule has 0 unspecified atom stereocenters. The van der Waals surface area contributed by atoms with E-state index in [2.05, 4.69) is 4.90 Å². The summed E-state index contributed by atoms with van der Waals surface area (Å²) in [6.07, 6.45) is 0. The van der Waals surface area contributed by atoms with Gasteiger partial charge in [0.2, 0.25) is 10.0 Å². The van der Waals surface area contributed by atoms with Gasteiger partial charge in [0.1, 0.15) is 17.3 Å². The highest BCUT2D eigenvalue weighted by atomic mass is 35.5. The van der Waals surface area contributed by atoms with E-state index in [1.807, 2.05) is 49.4 Å². The van der Waals surface area contributed by atoms with Crippen LogP contribution in [0.4, 0.5) is 5.69 Å². The molecule has 0 amide bonds. The summed E-state index contributed by atoms with van der Waals surface area (Å²) in [5, 5.41) is 0.406. The van der Waals surface area contributed by atoms with Crippen molar-refractivity contribution in [2.24, 2.45) is 4.99 Å². The van der Waals surface area contributed by atoms with E-state index >= 15 is 0 Å². The van der Waals surface area contributed by atoms with Crippen LogP contribution in [0.3, 0.4) is 0 Å². The van der Waals surface area contributed by atoms with Crippen LogP contribution < -0.4 is 4.74 Å². The van der Waals surface area contributed by atoms with Gasteiger partial charge in [0.25, 0.3) is 0 Å². The number of fused-ring (bicyclic) bond motifs is 2. The normalized spacial score (nSPS) is 16.4. The molecule has 0 spiro atoms. The van der Waals surface area contributed by atoms with Gasteiger partial charge in [0.05, 0.1) is 10.5 Å². The maximum absolute atomic E-state index is 13.1. The van der Waals surface area contributed by atoms with Crippen LogP contribution in [0.1, 0.15) is 11.1 Å². The average Bonchev–Trinajstić information content (AvgIpc) is 2.95. The maximum Gasteiger partial charge on any atom is 0.243 e. The Morgan fingerprint density at radius 2 is 1.69 bits per heavy atom. The van der Waals surface area contributed by atoms with Gasteiger partial charge in [-0.15, -0.1) is 0 Å². The number of aliphatic imine (C=N–C) groups is 1. The molecule has 0 atom stereocenters. The predicted molar refractivity (Wildman–Crippen MR) is 126 cm³/mol. The average molecular weight is 468 g/mol. The van der Waals surface area contributed by atoms with Crippen molar-refractivity contribution < 1.29 is 13.2 Å². The summed E-state index contributed by atoms with van der Waals surface area (Å²) in [5.41, 5.74) is 2.75. The number of rotatable bonds is 2. The molecule has 32 heavy (non-hydrogen) atoms. The summed E-state index contributed by atoms with van der Waals surface area (Å²) >= 11 is 6.01. The fraction of sp³-hybridized carbons (Fsp3) is 0.208. The quantitative estimate of drug-likeness (QED) is 0.541. The Hall–Kier alpha value is -2.87. The topological polar surface area (TPSA) is 62.2 Å². The number of benzene rings is 3. The minimum atomic E-state index is -3.60. The Morgan fingerprint density at radius 1 is 0.906 bits per heavy atom. The van der Waals surface area contributed by atoms with E-state index in [0.29, 0.717) is 31.2 Å². The van der Waals surface area contributed by atoms with Gasteiger partial charge in [-0.2, -0.15) is 4.31 Å². The fourth-order valence-corrected chi connectivity index (χ4v) is 5.71. The van der Waals surface area contributed by atoms with E-state index in [4.69, 9.17) is 21.3 Å². The van der Waals surface area contributed by atoms with Crippen LogP contribution in [0, 0.1) is 6.92 Å². The van der Waals surface area contributed by atoms with Crippen molar-refractivity contribution in [3.05, 3.63) is 82.9 Å². The van der Waals surface area contributed by atoms with Gasteiger partial charge in [-0.3, -0.25) is 0 Å². The Kier molecular flexibility index (Phi) is 5.41. The van der Waals surface area contributed by atoms with Crippen molar-refractivity contribution in [1.29, 1.82) is 0 Å². The smallest absolute Gasteiger partial charge is 0.243 e. The first-order valence-corrected chi connectivity index (χ1v) is 12.2. The van der Waals surface area contributed by atoms with Crippen molar-refractivity contribution in [1.82, 2.24) is 9.21 Å². The van der Waals surface area contributed by atoms with Gasteiger partial charge < -0.3 is 9.64 Å². The largest absolute Gasteiger partial charge is 0.454 e. The Balaban J connectivity index is 1.44. The monoisotopic (exact) mass is 467 g/mol. The number of hydrogen-bond acceptors (Lipinski definition) is 5. The molecule has 3 aromatic carbocycles. The second-order valence-corrected chi connectivity index (χ2v) is 10.2. The number of amidine groups is 1. The Bertz CT molecular complexity index is 1320. The van der Waals surface area contributed by atoms with E-state index in [0.717, 1.165) is 34.1 Å². The summed E-state index contributed by atoms with van der Waals surface area (Å²) in [6, 6.07) is 20.2. The summed E-state index contributed by atoms with van der Waals surface area (Å²) in [5.74, 6) is 2.25. The Morgan fingerprint density at radius 3 is 2.47 bits per heavy atom. The van der Waals surface area contributed by atoms with E-state index < -0.39 is 10.0 Å². The minimum absolute atomic E-state index is 0.216. The lowest BCUT2D eigenvalue weighted by molar-refractivity contribution is 0.266. The van der Waals surface area contributed by atoms with Gasteiger partial charge >= 0.3 is 0 Å². The lowest BCUT2D eigenvalue weighted by Crippen LogP contribution is -2.50. The zero-order valence-corrected chi connectivity index (χ0v) is 19.1. The molecule has 0 aliphatic carbocycles. The molecule has 164 valence electrons. The third-order valence-corrected chi connectivity index (χ3v) is 7.79. The number of halogens is 1. The first kappa shape index (κ1) is 21.0. The molecular formula is C24H22ClN3O3S. The number of para-hydroxylation sites is 1. The van der Waals surface area contributed by atoms with Crippen LogP contribution in [0.5, 0.6) is 11.5 Å². The molecule has 0 saturated carbocycles. The number of aryl methyl sites for hydroxylation is 1. The second kappa shape index (κ2) is 8.24. The van der Waals surface area contributed by atoms with E-state index in [1.165, 1.54) is 10.4 Å². The number of ether oxygens (including phenoxy) is 1. The standard InChI is InChI=1S/C24H22ClN3O3S/c1-17-9-10-21-23(15-17)31-22-8-3-2-7-20(22)24(26-21)27-11-13-28(14-12-27)32(29,30)19-6-4-5-18(25)16-19/h2-10,15-16H,11-14H2,1H3. The molecular weight excluding hydrogens is 446 g/mol. The van der Waals surface area contributed by atoms with Crippen molar-refractivity contribution >= 4 is 33.1 Å². The second-order valence-electron chi connectivity index (χ2n) is 7.85. The molecule has 1 fully saturated rings. The highest BCUT2D eigenvalue weighted by molar-refractivity contribution is 7.89. The van der Waals surface area contributed by atoms with E-state index in [1.54, 1.807) is 18.2 Å². The first-order valence-electron chi connectivity index (χ1n) is 10.4. The van der Waals surface area contributed by atoms with Crippen molar-refractivity contribution in [3.8, 4) is 11.5 Å². The molecule has 2 aliphatic rings. The van der Waals surface area contributed by atoms with Gasteiger partial charge in [-0.25, -0.2) is 13.4 Å². The number of sulfonamides is 1. The van der Waals surface area contributed by atoms with E-state index in [-0.39, 0.29) is 4.90 Å². The van der Waals surface area contributed by atoms with Crippen LogP contribution in [0.25, 0.3) is 0 Å². The summed E-state index contributed by atoms with van der Waals surface area (Å²) in [4.78, 5) is 7.28. The van der Waals surface area contributed by atoms with Crippen LogP contribution in [0.15, 0.2) is 76.6 Å². The van der Waals surface area contributed by atoms with Crippen molar-refractivity contribution in [2.75, 3.05) is 26.2 Å². The maximum atomic E-state index is 13.1. The molecule has 6 nitrogen and oxygen atoms in total. The summed E-state index contributed by atoms with van der Waals surface area (Å²) < 4.78 is 33.8. The summed E-state index contributed by atoms with van der Waals surface area (Å²) in [7, 11) is -3.60. The minimum Gasteiger partial charge on any atom is -0.454 e. The molecule has 2 heterocycles. The number of hydrogen-bond donors (Lipinski definition) is 0. The zero-order chi connectivity index (χ0) is 22.3. The van der Waals surface area contributed by atoms with E-state index in [9.17, 15) is 8.42 Å². The lowest BCUT2D eigenvalue weighted by atomic mass is 10.1. The van der Waals surface area contributed by atoms with Crippen molar-refractivity contribution in [2.45, 2.75) is 11.8 Å². The van der Waals surface area contributed by atoms with Gasteiger partial charge in [0, 0.05) is 31.2 Å². The van der Waals surface area contributed by atoms with Crippen molar-refractivity contribution in [3.63, 3.8) is 0 Å². The summed E-state index contributed by atoms with van der Waals surface area (Å²) in [6.45, 7) is 3.78. The molecule has 0 bridgehead atoms. The number of nitrogens with zero attached hydrogens (tertiary/aromatic N) is 3. The molecule has 8 heteroatoms. The first-order chi connectivity index (χ1) is 15.4. The third kappa shape index (κ3) is 3.88. The SMILES string of the molecule is Cc1ccc2c(c1)Oc1ccccc1C(N1CCN(S(=O)(=O)c3cccc(Cl)c3)CC1)=N2. The molecule has 2 aliphatic heterocycles. The molecule has 3 aromatic rings. The highest BCUT2D eigenvalue weighted by Crippen LogP contribution is 2.38. The lowest BCUT2D eigenvalue weighted by Gasteiger charge is -2.35. The van der Waals surface area contributed by atoms with Crippen LogP contribution in [-0.4, -0.2) is 49.6 Å². The zero-order valence-electron chi connectivity index (χ0n) is 17.5. The molecule has 5 rings (SSSR count). The van der Waals surface area contributed by atoms with Gasteiger partial charge in [0.15, 0.2) is 5.75 Å². The fourth-order valence-electron chi connectivity index (χ4n) is 3.99. The number of piperazine rings is 1.